The van der Waals surface area contributed by atoms with E-state index in [4.69, 9.17) is 9.47 Å². The lowest BCUT2D eigenvalue weighted by Crippen LogP contribution is -2.31. The molecule has 0 aromatic rings. The average molecular weight is 318 g/mol. The monoisotopic (exact) mass is 318 g/mol. The molecule has 6 nitrogen and oxygen atoms in total. The summed E-state index contributed by atoms with van der Waals surface area (Å²) in [4.78, 5) is 33.6. The lowest BCUT2D eigenvalue weighted by Gasteiger charge is -2.24. The smallest absolute Gasteiger partial charge is 0.330 e. The largest absolute Gasteiger partial charge is 0.465 e. The van der Waals surface area contributed by atoms with Gasteiger partial charge in [0.05, 0.1) is 12.8 Å². The fraction of sp³-hybridized carbons (Fsp3) is 0.643. The molecule has 0 aromatic carbocycles. The Morgan fingerprint density at radius 1 is 1.10 bits per heavy atom. The second-order valence-electron chi connectivity index (χ2n) is 4.76. The van der Waals surface area contributed by atoms with Crippen molar-refractivity contribution in [3.8, 4) is 0 Å². The van der Waals surface area contributed by atoms with Crippen molar-refractivity contribution >= 4 is 29.7 Å². The fourth-order valence-electron chi connectivity index (χ4n) is 1.35. The van der Waals surface area contributed by atoms with Crippen LogP contribution >= 0.6 is 11.8 Å². The highest BCUT2D eigenvalue weighted by molar-refractivity contribution is 7.98. The molecule has 0 heterocycles. The maximum absolute atomic E-state index is 11.6. The molecule has 0 spiro atoms. The van der Waals surface area contributed by atoms with E-state index >= 15 is 0 Å². The van der Waals surface area contributed by atoms with E-state index in [2.05, 4.69) is 11.3 Å². The van der Waals surface area contributed by atoms with Crippen molar-refractivity contribution in [3.05, 3.63) is 12.7 Å². The number of carbonyl (C=O) groups excluding carboxylic acids is 3. The number of esters is 3. The number of rotatable bonds is 10. The van der Waals surface area contributed by atoms with Gasteiger partial charge < -0.3 is 14.2 Å². The van der Waals surface area contributed by atoms with E-state index in [-0.39, 0.29) is 26.1 Å². The molecule has 0 aliphatic rings. The summed E-state index contributed by atoms with van der Waals surface area (Å²) in [5, 5.41) is 0. The molecule has 120 valence electrons. The van der Waals surface area contributed by atoms with Crippen LogP contribution in [0, 0.1) is 0 Å². The number of ether oxygens (including phenoxy) is 3. The zero-order valence-corrected chi connectivity index (χ0v) is 13.5. The molecule has 0 aliphatic carbocycles. The number of hydrogen-bond acceptors (Lipinski definition) is 7. The van der Waals surface area contributed by atoms with Crippen LogP contribution in [0.25, 0.3) is 0 Å². The molecule has 0 amide bonds. The highest BCUT2D eigenvalue weighted by atomic mass is 32.2. The van der Waals surface area contributed by atoms with Crippen molar-refractivity contribution < 1.29 is 28.6 Å². The van der Waals surface area contributed by atoms with Crippen molar-refractivity contribution in [1.82, 2.24) is 0 Å². The minimum atomic E-state index is -0.595. The Morgan fingerprint density at radius 2 is 1.67 bits per heavy atom. The minimum absolute atomic E-state index is 0.00397. The molecular weight excluding hydrogens is 296 g/mol. The summed E-state index contributed by atoms with van der Waals surface area (Å²) in [6.07, 6.45) is 2.87. The van der Waals surface area contributed by atoms with Crippen molar-refractivity contribution in [2.45, 2.75) is 32.3 Å². The van der Waals surface area contributed by atoms with E-state index in [0.717, 1.165) is 6.08 Å². The number of carbonyl (C=O) groups is 3. The lowest BCUT2D eigenvalue weighted by atomic mass is 10.2. The molecule has 0 unspecified atom stereocenters. The van der Waals surface area contributed by atoms with E-state index in [9.17, 15) is 14.4 Å². The Bertz CT molecular complexity index is 378. The van der Waals surface area contributed by atoms with Crippen molar-refractivity contribution in [3.63, 3.8) is 0 Å². The number of hydrogen-bond donors (Lipinski definition) is 0. The van der Waals surface area contributed by atoms with Crippen LogP contribution in [-0.2, 0) is 28.6 Å². The molecule has 0 aliphatic heterocycles. The maximum atomic E-state index is 11.6. The van der Waals surface area contributed by atoms with Crippen LogP contribution in [0.1, 0.15) is 26.7 Å². The molecule has 0 aromatic heterocycles. The first kappa shape index (κ1) is 19.5. The van der Waals surface area contributed by atoms with Crippen LogP contribution in [0.5, 0.6) is 0 Å². The van der Waals surface area contributed by atoms with Gasteiger partial charge in [0.25, 0.3) is 0 Å². The van der Waals surface area contributed by atoms with Gasteiger partial charge in [0.15, 0.2) is 0 Å². The normalized spacial score (nSPS) is 10.6. The summed E-state index contributed by atoms with van der Waals surface area (Å²) in [6.45, 7) is 6.74. The van der Waals surface area contributed by atoms with Crippen molar-refractivity contribution in [2.24, 2.45) is 0 Å². The lowest BCUT2D eigenvalue weighted by molar-refractivity contribution is -0.157. The molecule has 0 saturated carbocycles. The van der Waals surface area contributed by atoms with Crippen LogP contribution < -0.4 is 0 Å². The molecule has 0 fully saturated rings. The Labute approximate surface area is 129 Å². The highest BCUT2D eigenvalue weighted by Gasteiger charge is 2.22. The standard InChI is InChI=1S/C14H22O6S/c1-5-11(15)18-8-6-12(16)19-9-7-13(17)20-14(2,3)10-21-4/h5H,1,6-10H2,2-4H3. The van der Waals surface area contributed by atoms with Crippen LogP contribution in [0.15, 0.2) is 12.7 Å². The summed E-state index contributed by atoms with van der Waals surface area (Å²) in [6, 6.07) is 0. The zero-order valence-electron chi connectivity index (χ0n) is 12.7. The van der Waals surface area contributed by atoms with Gasteiger partial charge in [-0.15, -0.1) is 0 Å². The summed E-state index contributed by atoms with van der Waals surface area (Å²) >= 11 is 1.58. The van der Waals surface area contributed by atoms with Crippen molar-refractivity contribution in [2.75, 3.05) is 25.2 Å². The van der Waals surface area contributed by atoms with E-state index in [0.29, 0.717) is 5.75 Å². The average Bonchev–Trinajstić information content (AvgIpc) is 2.37. The third-order valence-electron chi connectivity index (χ3n) is 2.17. The van der Waals surface area contributed by atoms with Gasteiger partial charge in [-0.1, -0.05) is 6.58 Å². The number of thioether (sulfide) groups is 1. The zero-order chi connectivity index (χ0) is 16.3. The summed E-state index contributed by atoms with van der Waals surface area (Å²) < 4.78 is 14.7. The molecule has 0 rings (SSSR count). The highest BCUT2D eigenvalue weighted by Crippen LogP contribution is 2.15. The van der Waals surface area contributed by atoms with Crippen molar-refractivity contribution in [1.29, 1.82) is 0 Å². The Morgan fingerprint density at radius 3 is 2.24 bits per heavy atom. The topological polar surface area (TPSA) is 78.9 Å². The van der Waals surface area contributed by atoms with Gasteiger partial charge >= 0.3 is 17.9 Å². The van der Waals surface area contributed by atoms with Crippen LogP contribution in [-0.4, -0.2) is 48.7 Å². The molecule has 0 saturated heterocycles. The fourth-order valence-corrected chi connectivity index (χ4v) is 2.10. The van der Waals surface area contributed by atoms with E-state index in [1.54, 1.807) is 11.8 Å². The SMILES string of the molecule is C=CC(=O)OCCC(=O)OCCC(=O)OC(C)(C)CSC. The molecule has 0 N–H and O–H groups in total. The van der Waals surface area contributed by atoms with E-state index in [1.807, 2.05) is 20.1 Å². The van der Waals surface area contributed by atoms with Gasteiger partial charge in [-0.2, -0.15) is 11.8 Å². The minimum Gasteiger partial charge on any atom is -0.465 e. The van der Waals surface area contributed by atoms with Gasteiger partial charge in [-0.25, -0.2) is 4.79 Å². The Hall–Kier alpha value is -1.50. The first-order chi connectivity index (χ1) is 9.80. The molecule has 0 bridgehead atoms. The maximum Gasteiger partial charge on any atom is 0.330 e. The van der Waals surface area contributed by atoms with Gasteiger partial charge in [0.2, 0.25) is 0 Å². The predicted molar refractivity (Wildman–Crippen MR) is 79.9 cm³/mol. The summed E-state index contributed by atoms with van der Waals surface area (Å²) in [7, 11) is 0. The Balaban J connectivity index is 3.78. The van der Waals surface area contributed by atoms with Crippen LogP contribution in [0.3, 0.4) is 0 Å². The third-order valence-corrected chi connectivity index (χ3v) is 3.15. The Kier molecular flexibility index (Phi) is 9.53. The van der Waals surface area contributed by atoms with Crippen LogP contribution in [0.2, 0.25) is 0 Å². The quantitative estimate of drug-likeness (QED) is 0.345. The first-order valence-electron chi connectivity index (χ1n) is 6.46. The molecule has 21 heavy (non-hydrogen) atoms. The van der Waals surface area contributed by atoms with Gasteiger partial charge in [-0.3, -0.25) is 9.59 Å². The van der Waals surface area contributed by atoms with Crippen LogP contribution in [0.4, 0.5) is 0 Å². The molecule has 0 radical (unpaired) electrons. The van der Waals surface area contributed by atoms with Gasteiger partial charge in [0.1, 0.15) is 18.8 Å². The van der Waals surface area contributed by atoms with Gasteiger partial charge in [0, 0.05) is 11.8 Å². The predicted octanol–water partition coefficient (Wildman–Crippen LogP) is 1.72. The summed E-state index contributed by atoms with van der Waals surface area (Å²) in [5.74, 6) is -0.863. The second-order valence-corrected chi connectivity index (χ2v) is 5.62. The van der Waals surface area contributed by atoms with E-state index < -0.39 is 23.5 Å². The molecule has 7 heteroatoms. The van der Waals surface area contributed by atoms with Gasteiger partial charge in [-0.05, 0) is 20.1 Å². The third kappa shape index (κ3) is 10.9. The van der Waals surface area contributed by atoms with E-state index in [1.165, 1.54) is 0 Å². The molecular formula is C14H22O6S. The molecule has 0 atom stereocenters. The first-order valence-corrected chi connectivity index (χ1v) is 7.85. The summed E-state index contributed by atoms with van der Waals surface area (Å²) in [5.41, 5.74) is -0.542. The second kappa shape index (κ2) is 10.3.